The molecule has 0 amide bonds. The van der Waals surface area contributed by atoms with Crippen LogP contribution in [0.1, 0.15) is 30.6 Å². The van der Waals surface area contributed by atoms with E-state index < -0.39 is 0 Å². The van der Waals surface area contributed by atoms with E-state index >= 15 is 0 Å². The molecule has 16 heavy (non-hydrogen) atoms. The largest absolute Gasteiger partial charge is 0.392 e. The Labute approximate surface area is 110 Å². The molecule has 90 valence electrons. The molecule has 4 heteroatoms. The van der Waals surface area contributed by atoms with Gasteiger partial charge in [0.15, 0.2) is 0 Å². The molecule has 1 fully saturated rings. The summed E-state index contributed by atoms with van der Waals surface area (Å²) in [6.07, 6.45) is 5.93. The lowest BCUT2D eigenvalue weighted by Crippen LogP contribution is -2.14. The zero-order chi connectivity index (χ0) is 11.4. The van der Waals surface area contributed by atoms with Crippen LogP contribution in [0.4, 0.5) is 0 Å². The summed E-state index contributed by atoms with van der Waals surface area (Å²) >= 11 is 9.37. The zero-order valence-corrected chi connectivity index (χ0v) is 11.6. The van der Waals surface area contributed by atoms with Gasteiger partial charge in [0, 0.05) is 22.3 Å². The van der Waals surface area contributed by atoms with Gasteiger partial charge in [0.2, 0.25) is 0 Å². The molecule has 1 N–H and O–H groups in total. The molecule has 1 saturated carbocycles. The average Bonchev–Trinajstić information content (AvgIpc) is 2.87. The lowest BCUT2D eigenvalue weighted by atomic mass is 10.2. The molecule has 0 spiro atoms. The van der Waals surface area contributed by atoms with Gasteiger partial charge in [-0.15, -0.1) is 11.3 Å². The molecule has 0 aliphatic heterocycles. The summed E-state index contributed by atoms with van der Waals surface area (Å²) in [5.41, 5.74) is 0. The number of thiophene rings is 1. The second-order valence-corrected chi connectivity index (χ2v) is 7.44. The van der Waals surface area contributed by atoms with E-state index in [4.69, 9.17) is 11.6 Å². The number of thioether (sulfide) groups is 1. The van der Waals surface area contributed by atoms with Crippen molar-refractivity contribution in [1.29, 1.82) is 0 Å². The number of rotatable bonds is 5. The minimum Gasteiger partial charge on any atom is -0.392 e. The van der Waals surface area contributed by atoms with Gasteiger partial charge in [-0.3, -0.25) is 0 Å². The first-order valence-electron chi connectivity index (χ1n) is 5.78. The fourth-order valence-corrected chi connectivity index (χ4v) is 4.49. The Morgan fingerprint density at radius 1 is 1.44 bits per heavy atom. The predicted octanol–water partition coefficient (Wildman–Crippen LogP) is 3.98. The molecule has 2 rings (SSSR count). The van der Waals surface area contributed by atoms with Gasteiger partial charge in [-0.2, -0.15) is 11.8 Å². The molecule has 1 heterocycles. The highest BCUT2D eigenvalue weighted by Crippen LogP contribution is 2.30. The van der Waals surface area contributed by atoms with Gasteiger partial charge in [-0.25, -0.2) is 0 Å². The third kappa shape index (κ3) is 3.95. The van der Waals surface area contributed by atoms with Gasteiger partial charge in [0.05, 0.1) is 10.4 Å². The maximum absolute atomic E-state index is 9.91. The van der Waals surface area contributed by atoms with Crippen LogP contribution in [0, 0.1) is 0 Å². The van der Waals surface area contributed by atoms with E-state index in [9.17, 15) is 5.11 Å². The Morgan fingerprint density at radius 3 is 2.81 bits per heavy atom. The number of halogens is 1. The molecule has 0 bridgehead atoms. The quantitative estimate of drug-likeness (QED) is 0.878. The second-order valence-electron chi connectivity index (χ2n) is 4.30. The Bertz CT molecular complexity index is 321. The first-order chi connectivity index (χ1) is 7.74. The number of hydrogen-bond donors (Lipinski definition) is 1. The number of aliphatic hydroxyl groups is 1. The highest BCUT2D eigenvalue weighted by atomic mass is 35.5. The molecular weight excluding hydrogens is 260 g/mol. The topological polar surface area (TPSA) is 20.2 Å². The smallest absolute Gasteiger partial charge is 0.0931 e. The van der Waals surface area contributed by atoms with Crippen molar-refractivity contribution in [3.8, 4) is 0 Å². The Balaban J connectivity index is 1.69. The van der Waals surface area contributed by atoms with E-state index in [-0.39, 0.29) is 6.10 Å². The van der Waals surface area contributed by atoms with Crippen LogP contribution in [0.25, 0.3) is 0 Å². The van der Waals surface area contributed by atoms with Gasteiger partial charge in [0.25, 0.3) is 0 Å². The van der Waals surface area contributed by atoms with Crippen LogP contribution in [0.2, 0.25) is 4.34 Å². The second kappa shape index (κ2) is 6.29. The third-order valence-corrected chi connectivity index (χ3v) is 5.67. The van der Waals surface area contributed by atoms with Crippen molar-refractivity contribution in [2.24, 2.45) is 0 Å². The van der Waals surface area contributed by atoms with Gasteiger partial charge < -0.3 is 5.11 Å². The Morgan fingerprint density at radius 2 is 2.19 bits per heavy atom. The van der Waals surface area contributed by atoms with Crippen molar-refractivity contribution in [3.63, 3.8) is 0 Å². The van der Waals surface area contributed by atoms with Crippen molar-refractivity contribution in [2.45, 2.75) is 43.5 Å². The highest BCUT2D eigenvalue weighted by molar-refractivity contribution is 7.99. The van der Waals surface area contributed by atoms with Gasteiger partial charge in [-0.05, 0) is 25.0 Å². The van der Waals surface area contributed by atoms with Crippen molar-refractivity contribution < 1.29 is 5.11 Å². The van der Waals surface area contributed by atoms with Crippen LogP contribution in [0.3, 0.4) is 0 Å². The van der Waals surface area contributed by atoms with Crippen molar-refractivity contribution in [3.05, 3.63) is 21.3 Å². The molecule has 1 aliphatic rings. The fourth-order valence-electron chi connectivity index (χ4n) is 2.05. The van der Waals surface area contributed by atoms with Crippen LogP contribution >= 0.6 is 34.7 Å². The molecule has 1 aromatic heterocycles. The van der Waals surface area contributed by atoms with Crippen molar-refractivity contribution in [2.75, 3.05) is 5.75 Å². The van der Waals surface area contributed by atoms with Crippen LogP contribution in [0.5, 0.6) is 0 Å². The maximum atomic E-state index is 9.91. The summed E-state index contributed by atoms with van der Waals surface area (Å²) in [4.78, 5) is 1.18. The van der Waals surface area contributed by atoms with Crippen LogP contribution in [-0.4, -0.2) is 22.2 Å². The molecule has 0 aromatic carbocycles. The van der Waals surface area contributed by atoms with Crippen LogP contribution in [-0.2, 0) is 6.42 Å². The van der Waals surface area contributed by atoms with E-state index in [1.807, 2.05) is 23.9 Å². The summed E-state index contributed by atoms with van der Waals surface area (Å²) in [5, 5.41) is 10.7. The average molecular weight is 277 g/mol. The minimum atomic E-state index is -0.222. The summed E-state index contributed by atoms with van der Waals surface area (Å²) in [7, 11) is 0. The molecule has 0 radical (unpaired) electrons. The van der Waals surface area contributed by atoms with Crippen LogP contribution in [0.15, 0.2) is 12.1 Å². The van der Waals surface area contributed by atoms with Gasteiger partial charge in [-0.1, -0.05) is 24.4 Å². The third-order valence-electron chi connectivity index (χ3n) is 2.89. The van der Waals surface area contributed by atoms with E-state index in [0.29, 0.717) is 0 Å². The molecule has 1 nitrogen and oxygen atoms in total. The Hall–Kier alpha value is 0.300. The number of aliphatic hydroxyl groups excluding tert-OH is 1. The lowest BCUT2D eigenvalue weighted by Gasteiger charge is -2.12. The molecule has 1 atom stereocenters. The zero-order valence-electron chi connectivity index (χ0n) is 9.19. The molecule has 0 saturated heterocycles. The summed E-state index contributed by atoms with van der Waals surface area (Å²) < 4.78 is 0.811. The highest BCUT2D eigenvalue weighted by Gasteiger charge is 2.17. The summed E-state index contributed by atoms with van der Waals surface area (Å²) in [6.45, 7) is 0. The van der Waals surface area contributed by atoms with E-state index in [1.54, 1.807) is 11.3 Å². The Kier molecular flexibility index (Phi) is 5.01. The SMILES string of the molecule is OC(CSC1CCCC1)Cc1ccc(Cl)s1. The summed E-state index contributed by atoms with van der Waals surface area (Å²) in [6, 6.07) is 3.91. The predicted molar refractivity (Wildman–Crippen MR) is 73.8 cm³/mol. The van der Waals surface area contributed by atoms with Crippen molar-refractivity contribution >= 4 is 34.7 Å². The normalized spacial score (nSPS) is 19.1. The monoisotopic (exact) mass is 276 g/mol. The maximum Gasteiger partial charge on any atom is 0.0931 e. The number of hydrogen-bond acceptors (Lipinski definition) is 3. The van der Waals surface area contributed by atoms with Crippen LogP contribution < -0.4 is 0 Å². The standard InChI is InChI=1S/C12H17ClOS2/c13-12-6-5-11(16-12)7-9(14)8-15-10-3-1-2-4-10/h5-6,9-10,14H,1-4,7-8H2. The fraction of sp³-hybridized carbons (Fsp3) is 0.667. The van der Waals surface area contributed by atoms with E-state index in [1.165, 1.54) is 30.6 Å². The first kappa shape index (κ1) is 12.7. The molecule has 1 unspecified atom stereocenters. The first-order valence-corrected chi connectivity index (χ1v) is 8.02. The lowest BCUT2D eigenvalue weighted by molar-refractivity contribution is 0.201. The van der Waals surface area contributed by atoms with E-state index in [0.717, 1.165) is 21.8 Å². The van der Waals surface area contributed by atoms with Gasteiger partial charge in [0.1, 0.15) is 0 Å². The molecule has 1 aliphatic carbocycles. The van der Waals surface area contributed by atoms with E-state index in [2.05, 4.69) is 0 Å². The summed E-state index contributed by atoms with van der Waals surface area (Å²) in [5.74, 6) is 0.861. The molecule has 1 aromatic rings. The minimum absolute atomic E-state index is 0.222. The van der Waals surface area contributed by atoms with Gasteiger partial charge >= 0.3 is 0 Å². The molecular formula is C12H17ClOS2. The van der Waals surface area contributed by atoms with Crippen molar-refractivity contribution in [1.82, 2.24) is 0 Å².